The highest BCUT2D eigenvalue weighted by Gasteiger charge is 2.19. The summed E-state index contributed by atoms with van der Waals surface area (Å²) in [6, 6.07) is 3.98. The van der Waals surface area contributed by atoms with Crippen LogP contribution >= 0.6 is 29.6 Å². The van der Waals surface area contributed by atoms with Gasteiger partial charge in [0.25, 0.3) is 0 Å². The molecule has 1 atom stereocenters. The van der Waals surface area contributed by atoms with Gasteiger partial charge >= 0.3 is 10.5 Å². The van der Waals surface area contributed by atoms with E-state index in [0.29, 0.717) is 17.7 Å². The van der Waals surface area contributed by atoms with Crippen molar-refractivity contribution in [3.05, 3.63) is 70.9 Å². The summed E-state index contributed by atoms with van der Waals surface area (Å²) >= 11 is 6.31. The number of ether oxygens (including phenoxy) is 1. The molecule has 15 heteroatoms. The zero-order chi connectivity index (χ0) is 27.2. The lowest BCUT2D eigenvalue weighted by Gasteiger charge is -2.26. The molecule has 3 rings (SSSR count). The Morgan fingerprint density at radius 3 is 2.68 bits per heavy atom. The average Bonchev–Trinajstić information content (AvgIpc) is 2.82. The number of benzene rings is 1. The number of halogens is 2. The minimum absolute atomic E-state index is 0. The van der Waals surface area contributed by atoms with Gasteiger partial charge in [0.15, 0.2) is 5.82 Å². The number of likely N-dealkylation sites (N-methyl/N-ethyl adjacent to an activating group) is 1. The molecule has 1 aliphatic heterocycles. The first-order valence-electron chi connectivity index (χ1n) is 11.0. The van der Waals surface area contributed by atoms with Crippen molar-refractivity contribution in [2.75, 3.05) is 44.7 Å². The summed E-state index contributed by atoms with van der Waals surface area (Å²) in [5.41, 5.74) is 2.97. The number of methoxy groups -OCH3 is 1. The molecule has 1 aromatic heterocycles. The van der Waals surface area contributed by atoms with Crippen molar-refractivity contribution < 1.29 is 25.7 Å². The van der Waals surface area contributed by atoms with Gasteiger partial charge in [0.2, 0.25) is 5.95 Å². The molecule has 10 nitrogen and oxygen atoms in total. The molecule has 2 N–H and O–H groups in total. The van der Waals surface area contributed by atoms with E-state index < -0.39 is 18.7 Å². The maximum atomic E-state index is 13.1. The van der Waals surface area contributed by atoms with E-state index in [0.717, 1.165) is 25.1 Å². The molecule has 1 unspecified atom stereocenters. The van der Waals surface area contributed by atoms with Crippen LogP contribution in [0.1, 0.15) is 11.1 Å². The number of hydrogen-bond acceptors (Lipinski definition) is 10. The van der Waals surface area contributed by atoms with E-state index in [-0.39, 0.29) is 38.1 Å². The van der Waals surface area contributed by atoms with E-state index in [2.05, 4.69) is 43.3 Å². The smallest absolute Gasteiger partial charge is 0.488 e. The van der Waals surface area contributed by atoms with Crippen LogP contribution in [0.4, 0.5) is 21.3 Å². The Kier molecular flexibility index (Phi) is 11.7. The third-order valence-corrected chi connectivity index (χ3v) is 6.23. The summed E-state index contributed by atoms with van der Waals surface area (Å²) in [7, 11) is -2.59. The second-order valence-corrected chi connectivity index (χ2v) is 11.3. The summed E-state index contributed by atoms with van der Waals surface area (Å²) in [5, 5.41) is 6.08. The van der Waals surface area contributed by atoms with Crippen molar-refractivity contribution in [3.63, 3.8) is 0 Å². The Morgan fingerprint density at radius 2 is 2.05 bits per heavy atom. The van der Waals surface area contributed by atoms with Gasteiger partial charge in [-0.15, -0.1) is 0 Å². The minimum atomic E-state index is -5.28. The molecule has 38 heavy (non-hydrogen) atoms. The molecule has 0 saturated carbocycles. The van der Waals surface area contributed by atoms with E-state index >= 15 is 0 Å². The van der Waals surface area contributed by atoms with Gasteiger partial charge < -0.3 is 29.0 Å². The number of nitrogens with zero attached hydrogens (tertiary/aromatic N) is 3. The molecule has 208 valence electrons. The highest BCUT2D eigenvalue weighted by molar-refractivity contribution is 7.81. The summed E-state index contributed by atoms with van der Waals surface area (Å²) in [4.78, 5) is 10.9. The van der Waals surface area contributed by atoms with E-state index in [1.165, 1.54) is 23.9 Å². The molecule has 2 heterocycles. The fourth-order valence-corrected chi connectivity index (χ4v) is 4.39. The van der Waals surface area contributed by atoms with E-state index in [9.17, 15) is 12.3 Å². The lowest BCUT2D eigenvalue weighted by atomic mass is 9.99. The highest BCUT2D eigenvalue weighted by Crippen LogP contribution is 2.35. The normalized spacial score (nSPS) is 14.3. The second kappa shape index (κ2) is 14.1. The van der Waals surface area contributed by atoms with Crippen molar-refractivity contribution in [2.24, 2.45) is 0 Å². The van der Waals surface area contributed by atoms with Crippen LogP contribution < -0.4 is 15.4 Å². The number of aromatic nitrogens is 2. The first kappa shape index (κ1) is 31.7. The van der Waals surface area contributed by atoms with E-state index in [1.807, 2.05) is 25.5 Å². The fourth-order valence-electron chi connectivity index (χ4n) is 3.49. The molecule has 0 fully saturated rings. The van der Waals surface area contributed by atoms with Crippen LogP contribution in [0.5, 0.6) is 5.75 Å². The molecular weight excluding hydrogens is 575 g/mol. The molecule has 0 spiro atoms. The van der Waals surface area contributed by atoms with Crippen molar-refractivity contribution in [1.29, 1.82) is 0 Å². The molecule has 2 aromatic rings. The molecule has 1 aromatic carbocycles. The summed E-state index contributed by atoms with van der Waals surface area (Å²) in [5.74, 6) is 1.02. The van der Waals surface area contributed by atoms with Gasteiger partial charge in [-0.2, -0.15) is 23.3 Å². The minimum Gasteiger partial charge on any atom is -0.495 e. The van der Waals surface area contributed by atoms with Gasteiger partial charge in [0.1, 0.15) is 28.5 Å². The van der Waals surface area contributed by atoms with Gasteiger partial charge in [0, 0.05) is 13.1 Å². The summed E-state index contributed by atoms with van der Waals surface area (Å²) < 4.78 is 50.7. The predicted octanol–water partition coefficient (Wildman–Crippen LogP) is 5.16. The van der Waals surface area contributed by atoms with Crippen LogP contribution in [0.25, 0.3) is 0 Å². The largest absolute Gasteiger partial charge is 0.495 e. The Bertz CT molecular complexity index is 1330. The Hall–Kier alpha value is -2.49. The van der Waals surface area contributed by atoms with Crippen molar-refractivity contribution in [3.8, 4) is 5.75 Å². The first-order valence-corrected chi connectivity index (χ1v) is 14.8. The number of rotatable bonds is 11. The van der Waals surface area contributed by atoms with Gasteiger partial charge in [-0.3, -0.25) is 0 Å². The Morgan fingerprint density at radius 1 is 1.32 bits per heavy atom. The molecule has 0 bridgehead atoms. The number of fused-ring (bicyclic) bond motifs is 1. The van der Waals surface area contributed by atoms with Crippen LogP contribution in [0.3, 0.4) is 0 Å². The standard InChI is InChI=1S/C23H28ClFN5O5PS.H3P/c1-6-7-20(35-36(4)5)19(14-34-37(25,31)32)27-22-17(24)12-26-23(29-22)28-18-10-16-13-30(2)9-8-15(16)11-21(18)33-3;/h6-7,10-12,14H,1,8-9,13H2,2-5H3,(H2,26,27,28,29);1H3/b19-14+,20-7+;. The van der Waals surface area contributed by atoms with Crippen LogP contribution in [0, 0.1) is 0 Å². The molecule has 0 radical (unpaired) electrons. The second-order valence-electron chi connectivity index (χ2n) is 8.14. The molecular formula is C23H31ClFN5O5P2S. The van der Waals surface area contributed by atoms with Crippen LogP contribution in [-0.4, -0.2) is 57.3 Å². The van der Waals surface area contributed by atoms with Crippen molar-refractivity contribution in [1.82, 2.24) is 14.9 Å². The third kappa shape index (κ3) is 9.06. The van der Waals surface area contributed by atoms with E-state index in [4.69, 9.17) is 20.9 Å². The first-order chi connectivity index (χ1) is 17.5. The number of allylic oxidation sites excluding steroid dienone is 2. The lowest BCUT2D eigenvalue weighted by Crippen LogP contribution is -2.26. The fraction of sp³-hybridized carbons (Fsp3) is 0.304. The molecule has 0 amide bonds. The molecule has 1 aliphatic rings. The van der Waals surface area contributed by atoms with E-state index in [1.54, 1.807) is 7.11 Å². The quantitative estimate of drug-likeness (QED) is 0.154. The zero-order valence-electron chi connectivity index (χ0n) is 21.5. The number of anilines is 3. The highest BCUT2D eigenvalue weighted by atomic mass is 35.5. The number of hydrogen-bond donors (Lipinski definition) is 2. The maximum absolute atomic E-state index is 13.1. The van der Waals surface area contributed by atoms with Gasteiger partial charge in [0.05, 0.1) is 27.1 Å². The number of nitrogens with one attached hydrogen (secondary N) is 2. The molecule has 0 aliphatic carbocycles. The van der Waals surface area contributed by atoms with Crippen molar-refractivity contribution in [2.45, 2.75) is 13.0 Å². The lowest BCUT2D eigenvalue weighted by molar-refractivity contribution is 0.312. The van der Waals surface area contributed by atoms with Crippen LogP contribution in [0.2, 0.25) is 5.02 Å². The third-order valence-electron chi connectivity index (χ3n) is 5.07. The topological polar surface area (TPSA) is 115 Å². The Balaban J connectivity index is 0.00000507. The van der Waals surface area contributed by atoms with Crippen molar-refractivity contribution >= 4 is 57.6 Å². The molecule has 0 saturated heterocycles. The summed E-state index contributed by atoms with van der Waals surface area (Å²) in [6.45, 7) is 9.02. The van der Waals surface area contributed by atoms with Gasteiger partial charge in [-0.25, -0.2) is 4.98 Å². The zero-order valence-corrected chi connectivity index (χ0v) is 25.4. The summed E-state index contributed by atoms with van der Waals surface area (Å²) in [6.07, 6.45) is 5.80. The Labute approximate surface area is 232 Å². The average molecular weight is 606 g/mol. The SMILES string of the molecule is C=C/C=C(OP(C)C)\C(=C/OS(=O)(=O)F)Nc1nc(Nc2cc3c(cc2OC)CCN(C)C3)ncc1Cl.P. The van der Waals surface area contributed by atoms with Gasteiger partial charge in [-0.1, -0.05) is 28.1 Å². The maximum Gasteiger partial charge on any atom is 0.488 e. The van der Waals surface area contributed by atoms with Crippen LogP contribution in [-0.2, 0) is 32.2 Å². The van der Waals surface area contributed by atoms with Crippen LogP contribution in [0.15, 0.2) is 54.8 Å². The monoisotopic (exact) mass is 605 g/mol. The predicted molar refractivity (Wildman–Crippen MR) is 155 cm³/mol. The van der Waals surface area contributed by atoms with Gasteiger partial charge in [-0.05, 0) is 56.1 Å².